The fraction of sp³-hybridized carbons (Fsp3) is 0.0800. The number of allylic oxidation sites excluding steroid dienone is 1. The van der Waals surface area contributed by atoms with E-state index in [1.165, 1.54) is 10.8 Å². The summed E-state index contributed by atoms with van der Waals surface area (Å²) in [6.45, 7) is 0.805. The summed E-state index contributed by atoms with van der Waals surface area (Å²) in [5.74, 6) is 0.274. The van der Waals surface area contributed by atoms with Gasteiger partial charge in [-0.3, -0.25) is 4.79 Å². The normalized spacial score (nSPS) is 11.0. The molecule has 0 aliphatic rings. The third-order valence-corrected chi connectivity index (χ3v) is 5.56. The molecule has 6 nitrogen and oxygen atoms in total. The van der Waals surface area contributed by atoms with Crippen molar-refractivity contribution in [3.8, 4) is 0 Å². The maximum absolute atomic E-state index is 12.9. The van der Waals surface area contributed by atoms with Crippen LogP contribution >= 0.6 is 23.2 Å². The summed E-state index contributed by atoms with van der Waals surface area (Å²) < 4.78 is 1.23. The van der Waals surface area contributed by atoms with Crippen molar-refractivity contribution in [3.05, 3.63) is 112 Å². The zero-order chi connectivity index (χ0) is 23.0. The maximum Gasteiger partial charge on any atom is 0.274 e. The number of hydrogen-bond donors (Lipinski definition) is 2. The van der Waals surface area contributed by atoms with Crippen molar-refractivity contribution in [2.45, 2.75) is 13.1 Å². The van der Waals surface area contributed by atoms with Gasteiger partial charge in [-0.2, -0.15) is 9.67 Å². The van der Waals surface area contributed by atoms with Crippen molar-refractivity contribution in [3.63, 3.8) is 0 Å². The summed E-state index contributed by atoms with van der Waals surface area (Å²) in [6.07, 6.45) is 3.20. The summed E-state index contributed by atoms with van der Waals surface area (Å²) in [4.78, 5) is 17.4. The van der Waals surface area contributed by atoms with Gasteiger partial charge < -0.3 is 10.6 Å². The van der Waals surface area contributed by atoms with Gasteiger partial charge in [0.25, 0.3) is 5.91 Å². The minimum absolute atomic E-state index is 0.304. The van der Waals surface area contributed by atoms with Crippen LogP contribution in [0.2, 0.25) is 10.0 Å². The fourth-order valence-corrected chi connectivity index (χ4v) is 3.49. The molecule has 33 heavy (non-hydrogen) atoms. The Kier molecular flexibility index (Phi) is 7.40. The third kappa shape index (κ3) is 6.00. The highest BCUT2D eigenvalue weighted by Crippen LogP contribution is 2.19. The van der Waals surface area contributed by atoms with Crippen molar-refractivity contribution in [1.82, 2.24) is 14.8 Å². The van der Waals surface area contributed by atoms with Gasteiger partial charge in [0.2, 0.25) is 11.9 Å². The van der Waals surface area contributed by atoms with Crippen LogP contribution in [-0.4, -0.2) is 20.7 Å². The van der Waals surface area contributed by atoms with Crippen molar-refractivity contribution in [2.24, 2.45) is 0 Å². The lowest BCUT2D eigenvalue weighted by molar-refractivity contribution is 0.0957. The van der Waals surface area contributed by atoms with E-state index in [1.807, 2.05) is 78.9 Å². The lowest BCUT2D eigenvalue weighted by Crippen LogP contribution is -2.14. The summed E-state index contributed by atoms with van der Waals surface area (Å²) in [5, 5.41) is 11.9. The van der Waals surface area contributed by atoms with Crippen LogP contribution in [0, 0.1) is 0 Å². The minimum Gasteiger partial charge on any atom is -0.350 e. The van der Waals surface area contributed by atoms with Gasteiger partial charge in [-0.25, -0.2) is 0 Å². The van der Waals surface area contributed by atoms with E-state index >= 15 is 0 Å². The number of carbonyl (C=O) groups excluding carboxylic acids is 1. The van der Waals surface area contributed by atoms with Gasteiger partial charge in [0.15, 0.2) is 0 Å². The van der Waals surface area contributed by atoms with Crippen LogP contribution in [0.4, 0.5) is 11.9 Å². The van der Waals surface area contributed by atoms with Gasteiger partial charge >= 0.3 is 0 Å². The number of aromatic nitrogens is 3. The molecule has 1 heterocycles. The number of hydrogen-bond acceptors (Lipinski definition) is 5. The maximum atomic E-state index is 12.9. The number of anilines is 2. The SMILES string of the molecule is O=C(/C=C/c1ccccc1)n1nc(NCc2ccccc2Cl)nc1NCc1ccccc1Cl. The Hall–Kier alpha value is -3.61. The predicted molar refractivity (Wildman–Crippen MR) is 134 cm³/mol. The molecule has 0 fully saturated rings. The molecular formula is C25H21Cl2N5O. The Morgan fingerprint density at radius 3 is 2.03 bits per heavy atom. The Balaban J connectivity index is 1.55. The molecule has 0 amide bonds. The van der Waals surface area contributed by atoms with E-state index in [1.54, 1.807) is 6.08 Å². The second-order valence-electron chi connectivity index (χ2n) is 7.14. The molecule has 4 rings (SSSR count). The summed E-state index contributed by atoms with van der Waals surface area (Å²) >= 11 is 12.5. The van der Waals surface area contributed by atoms with Gasteiger partial charge in [0.05, 0.1) is 0 Å². The first-order chi connectivity index (χ1) is 16.1. The van der Waals surface area contributed by atoms with Gasteiger partial charge in [-0.05, 0) is 34.9 Å². The first-order valence-corrected chi connectivity index (χ1v) is 11.0. The number of halogens is 2. The molecule has 0 aliphatic heterocycles. The standard InChI is InChI=1S/C25H21Cl2N5O/c26-21-12-6-4-10-19(21)16-28-24-30-25(29-17-20-11-5-7-13-22(20)27)32(31-24)23(33)15-14-18-8-2-1-3-9-18/h1-15H,16-17H2,(H2,28,29,30,31)/b15-14+. The second kappa shape index (κ2) is 10.8. The van der Waals surface area contributed by atoms with E-state index in [4.69, 9.17) is 23.2 Å². The number of rotatable bonds is 8. The molecular weight excluding hydrogens is 457 g/mol. The molecule has 0 saturated carbocycles. The van der Waals surface area contributed by atoms with Crippen LogP contribution in [0.1, 0.15) is 21.5 Å². The monoisotopic (exact) mass is 477 g/mol. The molecule has 8 heteroatoms. The lowest BCUT2D eigenvalue weighted by Gasteiger charge is -2.07. The fourth-order valence-electron chi connectivity index (χ4n) is 3.09. The first kappa shape index (κ1) is 22.6. The number of benzene rings is 3. The van der Waals surface area contributed by atoms with Crippen LogP contribution in [0.3, 0.4) is 0 Å². The van der Waals surface area contributed by atoms with Crippen LogP contribution in [-0.2, 0) is 13.1 Å². The minimum atomic E-state index is -0.334. The van der Waals surface area contributed by atoms with Crippen LogP contribution in [0.5, 0.6) is 0 Å². The Bertz CT molecular complexity index is 1270. The van der Waals surface area contributed by atoms with E-state index in [-0.39, 0.29) is 5.91 Å². The predicted octanol–water partition coefficient (Wildman–Crippen LogP) is 6.16. The van der Waals surface area contributed by atoms with Gasteiger partial charge in [-0.15, -0.1) is 5.10 Å². The van der Waals surface area contributed by atoms with Gasteiger partial charge in [0, 0.05) is 29.2 Å². The number of nitrogens with zero attached hydrogens (tertiary/aromatic N) is 3. The molecule has 2 N–H and O–H groups in total. The van der Waals surface area contributed by atoms with E-state index < -0.39 is 0 Å². The van der Waals surface area contributed by atoms with Crippen molar-refractivity contribution >= 4 is 47.1 Å². The highest BCUT2D eigenvalue weighted by molar-refractivity contribution is 6.31. The molecule has 0 spiro atoms. The molecule has 1 aromatic heterocycles. The average Bonchev–Trinajstić information content (AvgIpc) is 3.25. The van der Waals surface area contributed by atoms with Gasteiger partial charge in [-0.1, -0.05) is 89.9 Å². The quantitative estimate of drug-likeness (QED) is 0.297. The van der Waals surface area contributed by atoms with Crippen LogP contribution < -0.4 is 10.6 Å². The van der Waals surface area contributed by atoms with E-state index in [2.05, 4.69) is 20.7 Å². The Labute approximate surface area is 201 Å². The zero-order valence-corrected chi connectivity index (χ0v) is 19.1. The van der Waals surface area contributed by atoms with E-state index in [0.29, 0.717) is 35.0 Å². The molecule has 0 unspecified atom stereocenters. The van der Waals surface area contributed by atoms with Crippen molar-refractivity contribution < 1.29 is 4.79 Å². The van der Waals surface area contributed by atoms with Crippen molar-refractivity contribution in [2.75, 3.05) is 10.6 Å². The highest BCUT2D eigenvalue weighted by Gasteiger charge is 2.15. The smallest absolute Gasteiger partial charge is 0.274 e. The van der Waals surface area contributed by atoms with E-state index in [9.17, 15) is 4.79 Å². The molecule has 4 aromatic rings. The molecule has 0 bridgehead atoms. The lowest BCUT2D eigenvalue weighted by atomic mass is 10.2. The molecule has 0 radical (unpaired) electrons. The third-order valence-electron chi connectivity index (χ3n) is 4.82. The first-order valence-electron chi connectivity index (χ1n) is 10.3. The second-order valence-corrected chi connectivity index (χ2v) is 7.96. The molecule has 0 saturated heterocycles. The number of nitrogens with one attached hydrogen (secondary N) is 2. The molecule has 0 aliphatic carbocycles. The zero-order valence-electron chi connectivity index (χ0n) is 17.6. The van der Waals surface area contributed by atoms with E-state index in [0.717, 1.165) is 16.7 Å². The topological polar surface area (TPSA) is 71.8 Å². The molecule has 3 aromatic carbocycles. The van der Waals surface area contributed by atoms with Crippen LogP contribution in [0.15, 0.2) is 84.9 Å². The summed E-state index contributed by atoms with van der Waals surface area (Å²) in [5.41, 5.74) is 2.69. The average molecular weight is 478 g/mol. The Morgan fingerprint density at radius 2 is 1.39 bits per heavy atom. The summed E-state index contributed by atoms with van der Waals surface area (Å²) in [6, 6.07) is 24.6. The molecule has 0 atom stereocenters. The van der Waals surface area contributed by atoms with Crippen molar-refractivity contribution in [1.29, 1.82) is 0 Å². The van der Waals surface area contributed by atoms with Gasteiger partial charge in [0.1, 0.15) is 0 Å². The highest BCUT2D eigenvalue weighted by atomic mass is 35.5. The molecule has 166 valence electrons. The van der Waals surface area contributed by atoms with Crippen LogP contribution in [0.25, 0.3) is 6.08 Å². The Morgan fingerprint density at radius 1 is 0.818 bits per heavy atom. The number of carbonyl (C=O) groups is 1. The largest absolute Gasteiger partial charge is 0.350 e. The summed E-state index contributed by atoms with van der Waals surface area (Å²) in [7, 11) is 0.